The summed E-state index contributed by atoms with van der Waals surface area (Å²) >= 11 is 4.19. The predicted octanol–water partition coefficient (Wildman–Crippen LogP) is 2.73. The van der Waals surface area contributed by atoms with Gasteiger partial charge in [-0.3, -0.25) is 0 Å². The summed E-state index contributed by atoms with van der Waals surface area (Å²) in [6.07, 6.45) is 2.33. The highest BCUT2D eigenvalue weighted by Crippen LogP contribution is 2.09. The van der Waals surface area contributed by atoms with Crippen LogP contribution in [0, 0.1) is 6.07 Å². The van der Waals surface area contributed by atoms with Gasteiger partial charge in [-0.15, -0.1) is 12.6 Å². The predicted molar refractivity (Wildman–Crippen MR) is 46.5 cm³/mol. The highest BCUT2D eigenvalue weighted by atomic mass is 32.1. The minimum Gasteiger partial charge on any atom is -0.143 e. The van der Waals surface area contributed by atoms with Crippen molar-refractivity contribution in [3.63, 3.8) is 0 Å². The van der Waals surface area contributed by atoms with Gasteiger partial charge in [-0.05, 0) is 24.1 Å². The third kappa shape index (κ3) is 2.07. The average molecular weight is 151 g/mol. The van der Waals surface area contributed by atoms with Crippen LogP contribution in [0.25, 0.3) is 0 Å². The Kier molecular flexibility index (Phi) is 2.82. The second-order valence-electron chi connectivity index (χ2n) is 2.33. The fourth-order valence-electron chi connectivity index (χ4n) is 0.944. The first-order valence-corrected chi connectivity index (χ1v) is 3.97. The van der Waals surface area contributed by atoms with Crippen LogP contribution >= 0.6 is 12.6 Å². The van der Waals surface area contributed by atoms with Crippen molar-refractivity contribution in [2.24, 2.45) is 0 Å². The van der Waals surface area contributed by atoms with E-state index in [4.69, 9.17) is 0 Å². The monoisotopic (exact) mass is 151 g/mol. The molecule has 0 aliphatic rings. The summed E-state index contributed by atoms with van der Waals surface area (Å²) in [7, 11) is 0. The molecule has 0 aliphatic heterocycles. The highest BCUT2D eigenvalue weighted by Gasteiger charge is 1.89. The van der Waals surface area contributed by atoms with Crippen molar-refractivity contribution in [2.75, 3.05) is 0 Å². The Balaban J connectivity index is 2.75. The zero-order valence-corrected chi connectivity index (χ0v) is 6.99. The first-order chi connectivity index (χ1) is 4.83. The number of aryl methyl sites for hydroxylation is 1. The summed E-state index contributed by atoms with van der Waals surface area (Å²) in [5.41, 5.74) is 1.35. The quantitative estimate of drug-likeness (QED) is 0.617. The summed E-state index contributed by atoms with van der Waals surface area (Å²) in [6, 6.07) is 9.07. The number of thiol groups is 1. The number of hydrogen-bond acceptors (Lipinski definition) is 1. The second-order valence-corrected chi connectivity index (χ2v) is 2.81. The largest absolute Gasteiger partial charge is 0.143 e. The maximum absolute atomic E-state index is 4.19. The van der Waals surface area contributed by atoms with E-state index in [1.54, 1.807) is 0 Å². The van der Waals surface area contributed by atoms with Gasteiger partial charge in [-0.2, -0.15) is 0 Å². The van der Waals surface area contributed by atoms with Gasteiger partial charge in [0.1, 0.15) is 0 Å². The second kappa shape index (κ2) is 3.67. The molecule has 1 aromatic carbocycles. The van der Waals surface area contributed by atoms with E-state index in [1.807, 2.05) is 6.07 Å². The van der Waals surface area contributed by atoms with Gasteiger partial charge in [0.15, 0.2) is 0 Å². The van der Waals surface area contributed by atoms with Crippen molar-refractivity contribution in [1.29, 1.82) is 0 Å². The van der Waals surface area contributed by atoms with Crippen LogP contribution in [0.5, 0.6) is 0 Å². The first-order valence-electron chi connectivity index (χ1n) is 3.52. The zero-order valence-electron chi connectivity index (χ0n) is 6.09. The summed E-state index contributed by atoms with van der Waals surface area (Å²) < 4.78 is 0. The van der Waals surface area contributed by atoms with E-state index in [9.17, 15) is 0 Å². The van der Waals surface area contributed by atoms with Crippen molar-refractivity contribution >= 4 is 12.6 Å². The van der Waals surface area contributed by atoms with E-state index in [-0.39, 0.29) is 0 Å². The summed E-state index contributed by atoms with van der Waals surface area (Å²) in [4.78, 5) is 0.936. The van der Waals surface area contributed by atoms with E-state index >= 15 is 0 Å². The Morgan fingerprint density at radius 1 is 1.60 bits per heavy atom. The molecule has 10 heavy (non-hydrogen) atoms. The van der Waals surface area contributed by atoms with Crippen LogP contribution in [0.1, 0.15) is 18.9 Å². The molecule has 1 aromatic rings. The minimum absolute atomic E-state index is 0.936. The standard InChI is InChI=1S/C9H11S/c1-2-4-8-5-3-6-9(10)7-8/h3,5,7,10H,2,4H2,1H3. The van der Waals surface area contributed by atoms with Crippen LogP contribution in [0.15, 0.2) is 23.1 Å². The molecule has 0 aromatic heterocycles. The molecule has 0 spiro atoms. The van der Waals surface area contributed by atoms with Crippen molar-refractivity contribution in [2.45, 2.75) is 24.7 Å². The highest BCUT2D eigenvalue weighted by molar-refractivity contribution is 7.80. The van der Waals surface area contributed by atoms with E-state index in [0.717, 1.165) is 11.3 Å². The van der Waals surface area contributed by atoms with Gasteiger partial charge in [0.2, 0.25) is 0 Å². The van der Waals surface area contributed by atoms with E-state index in [2.05, 4.69) is 37.8 Å². The molecule has 0 saturated carbocycles. The lowest BCUT2D eigenvalue weighted by Gasteiger charge is -1.97. The van der Waals surface area contributed by atoms with Gasteiger partial charge in [0.25, 0.3) is 0 Å². The Morgan fingerprint density at radius 3 is 3.00 bits per heavy atom. The lowest BCUT2D eigenvalue weighted by atomic mass is 10.1. The van der Waals surface area contributed by atoms with Crippen molar-refractivity contribution in [3.05, 3.63) is 29.8 Å². The number of hydrogen-bond donors (Lipinski definition) is 1. The number of benzene rings is 1. The van der Waals surface area contributed by atoms with Crippen LogP contribution in [0.3, 0.4) is 0 Å². The van der Waals surface area contributed by atoms with Gasteiger partial charge in [-0.1, -0.05) is 25.5 Å². The van der Waals surface area contributed by atoms with E-state index in [1.165, 1.54) is 12.0 Å². The van der Waals surface area contributed by atoms with Crippen molar-refractivity contribution in [1.82, 2.24) is 0 Å². The van der Waals surface area contributed by atoms with Gasteiger partial charge >= 0.3 is 0 Å². The number of rotatable bonds is 2. The Hall–Kier alpha value is -0.430. The Morgan fingerprint density at radius 2 is 2.40 bits per heavy atom. The molecule has 1 heteroatoms. The van der Waals surface area contributed by atoms with Crippen molar-refractivity contribution < 1.29 is 0 Å². The molecular weight excluding hydrogens is 140 g/mol. The molecule has 1 radical (unpaired) electrons. The lowest BCUT2D eigenvalue weighted by Crippen LogP contribution is -1.81. The summed E-state index contributed by atoms with van der Waals surface area (Å²) in [6.45, 7) is 2.18. The third-order valence-electron chi connectivity index (χ3n) is 1.39. The van der Waals surface area contributed by atoms with E-state index in [0.29, 0.717) is 0 Å². The molecule has 0 N–H and O–H groups in total. The normalized spacial score (nSPS) is 9.80. The molecule has 0 bridgehead atoms. The lowest BCUT2D eigenvalue weighted by molar-refractivity contribution is 0.918. The fourth-order valence-corrected chi connectivity index (χ4v) is 1.18. The third-order valence-corrected chi connectivity index (χ3v) is 1.65. The Bertz CT molecular complexity index is 206. The average Bonchev–Trinajstić information content (AvgIpc) is 1.88. The molecule has 0 nitrogen and oxygen atoms in total. The van der Waals surface area contributed by atoms with Crippen molar-refractivity contribution in [3.8, 4) is 0 Å². The molecule has 0 unspecified atom stereocenters. The van der Waals surface area contributed by atoms with Gasteiger partial charge < -0.3 is 0 Å². The Labute approximate surface area is 67.7 Å². The van der Waals surface area contributed by atoms with Crippen LogP contribution < -0.4 is 0 Å². The SMILES string of the molecule is CCCc1cc[c]c(S)c1. The molecule has 0 atom stereocenters. The maximum Gasteiger partial charge on any atom is 0.0122 e. The molecule has 53 valence electrons. The topological polar surface area (TPSA) is 0 Å². The molecule has 0 aliphatic carbocycles. The van der Waals surface area contributed by atoms with Crippen LogP contribution in [0.4, 0.5) is 0 Å². The summed E-state index contributed by atoms with van der Waals surface area (Å²) in [5.74, 6) is 0. The molecule has 0 heterocycles. The first kappa shape index (κ1) is 7.67. The van der Waals surface area contributed by atoms with E-state index < -0.39 is 0 Å². The maximum atomic E-state index is 4.19. The van der Waals surface area contributed by atoms with Gasteiger partial charge in [0.05, 0.1) is 0 Å². The molecule has 0 saturated heterocycles. The van der Waals surface area contributed by atoms with Gasteiger partial charge in [0, 0.05) is 4.90 Å². The molecular formula is C9H11S. The van der Waals surface area contributed by atoms with Gasteiger partial charge in [-0.25, -0.2) is 0 Å². The summed E-state index contributed by atoms with van der Waals surface area (Å²) in [5, 5.41) is 0. The molecule has 0 fully saturated rings. The van der Waals surface area contributed by atoms with Crippen LogP contribution in [-0.2, 0) is 6.42 Å². The zero-order chi connectivity index (χ0) is 7.40. The fraction of sp³-hybridized carbons (Fsp3) is 0.333. The minimum atomic E-state index is 0.936. The smallest absolute Gasteiger partial charge is 0.0122 e. The van der Waals surface area contributed by atoms with Crippen LogP contribution in [-0.4, -0.2) is 0 Å². The van der Waals surface area contributed by atoms with Crippen LogP contribution in [0.2, 0.25) is 0 Å². The molecule has 0 amide bonds. The molecule has 1 rings (SSSR count).